The highest BCUT2D eigenvalue weighted by molar-refractivity contribution is 5.95. The summed E-state index contributed by atoms with van der Waals surface area (Å²) in [6, 6.07) is 14.6. The second-order valence-electron chi connectivity index (χ2n) is 6.57. The van der Waals surface area contributed by atoms with Gasteiger partial charge in [-0.2, -0.15) is 13.2 Å². The number of carboxylic acids is 1. The molecule has 0 saturated heterocycles. The van der Waals surface area contributed by atoms with Crippen molar-refractivity contribution in [1.82, 2.24) is 5.32 Å². The number of halogens is 3. The van der Waals surface area contributed by atoms with Gasteiger partial charge in [0.2, 0.25) is 0 Å². The van der Waals surface area contributed by atoms with E-state index in [0.717, 1.165) is 18.8 Å². The number of rotatable bonds is 9. The van der Waals surface area contributed by atoms with E-state index < -0.39 is 12.1 Å². The van der Waals surface area contributed by atoms with Crippen molar-refractivity contribution in [2.24, 2.45) is 5.73 Å². The van der Waals surface area contributed by atoms with Crippen molar-refractivity contribution >= 4 is 23.4 Å². The van der Waals surface area contributed by atoms with E-state index in [1.165, 1.54) is 0 Å². The normalized spacial score (nSPS) is 10.5. The van der Waals surface area contributed by atoms with Crippen molar-refractivity contribution in [3.8, 4) is 5.75 Å². The van der Waals surface area contributed by atoms with Gasteiger partial charge in [-0.1, -0.05) is 12.1 Å². The number of nitrogen functional groups attached to an aromatic ring is 1. The Labute approximate surface area is 189 Å². The molecule has 0 spiro atoms. The van der Waals surface area contributed by atoms with Gasteiger partial charge in [0.05, 0.1) is 6.54 Å². The fraction of sp³-hybridized carbons (Fsp3) is 0.318. The highest BCUT2D eigenvalue weighted by Gasteiger charge is 2.38. The molecule has 0 aliphatic carbocycles. The lowest BCUT2D eigenvalue weighted by atomic mass is 10.2. The first-order chi connectivity index (χ1) is 15.5. The zero-order chi connectivity index (χ0) is 25.0. The maximum atomic E-state index is 12.2. The Hall–Kier alpha value is -3.76. The molecule has 33 heavy (non-hydrogen) atoms. The number of carbonyl (C=O) groups is 2. The molecule has 2 rings (SSSR count). The van der Waals surface area contributed by atoms with E-state index >= 15 is 0 Å². The van der Waals surface area contributed by atoms with Crippen LogP contribution in [-0.2, 0) is 4.79 Å². The summed E-state index contributed by atoms with van der Waals surface area (Å²) in [5.74, 6) is -2.27. The van der Waals surface area contributed by atoms with Gasteiger partial charge in [-0.15, -0.1) is 0 Å². The van der Waals surface area contributed by atoms with E-state index in [1.807, 2.05) is 24.3 Å². The molecule has 2 aromatic carbocycles. The first kappa shape index (κ1) is 27.3. The number of ether oxygens (including phenoxy) is 1. The van der Waals surface area contributed by atoms with E-state index in [0.29, 0.717) is 30.0 Å². The molecule has 0 unspecified atom stereocenters. The summed E-state index contributed by atoms with van der Waals surface area (Å²) in [7, 11) is 0. The van der Waals surface area contributed by atoms with Crippen LogP contribution in [0.15, 0.2) is 48.5 Å². The monoisotopic (exact) mass is 468 g/mol. The van der Waals surface area contributed by atoms with Crippen LogP contribution in [0.3, 0.4) is 0 Å². The molecule has 8 nitrogen and oxygen atoms in total. The number of nitrogens with two attached hydrogens (primary N) is 1. The molecule has 1 amide bonds. The minimum atomic E-state index is -5.08. The van der Waals surface area contributed by atoms with Gasteiger partial charge in [-0.25, -0.2) is 4.79 Å². The quantitative estimate of drug-likeness (QED) is 0.254. The summed E-state index contributed by atoms with van der Waals surface area (Å²) in [4.78, 5) is 23.3. The number of hydrogen-bond donors (Lipinski definition) is 4. The molecule has 2 aromatic rings. The smallest absolute Gasteiger partial charge is 0.490 e. The van der Waals surface area contributed by atoms with E-state index in [9.17, 15) is 18.0 Å². The average Bonchev–Trinajstić information content (AvgIpc) is 2.78. The zero-order valence-corrected chi connectivity index (χ0v) is 18.3. The minimum Gasteiger partial charge on any atom is -0.492 e. The van der Waals surface area contributed by atoms with Gasteiger partial charge in [-0.05, 0) is 50.2 Å². The lowest BCUT2D eigenvalue weighted by Gasteiger charge is -2.21. The topological polar surface area (TPSA) is 129 Å². The summed E-state index contributed by atoms with van der Waals surface area (Å²) in [6.07, 6.45) is -5.08. The van der Waals surface area contributed by atoms with Gasteiger partial charge in [0, 0.05) is 29.9 Å². The largest absolute Gasteiger partial charge is 0.492 e. The van der Waals surface area contributed by atoms with Gasteiger partial charge in [0.1, 0.15) is 18.2 Å². The molecular weight excluding hydrogens is 441 g/mol. The number of hydrogen-bond acceptors (Lipinski definition) is 5. The second kappa shape index (κ2) is 12.9. The summed E-state index contributed by atoms with van der Waals surface area (Å²) in [6.45, 7) is 6.81. The molecule has 0 saturated carbocycles. The fourth-order valence-electron chi connectivity index (χ4n) is 2.60. The van der Waals surface area contributed by atoms with Crippen LogP contribution in [0.2, 0.25) is 0 Å². The maximum absolute atomic E-state index is 12.2. The Bertz CT molecular complexity index is 930. The molecule has 0 aliphatic rings. The third-order valence-electron chi connectivity index (χ3n) is 4.30. The van der Waals surface area contributed by atoms with Gasteiger partial charge >= 0.3 is 12.1 Å². The molecular formula is C22H27F3N4O4. The van der Waals surface area contributed by atoms with Crippen molar-refractivity contribution in [2.75, 3.05) is 31.1 Å². The van der Waals surface area contributed by atoms with Crippen LogP contribution in [0.25, 0.3) is 0 Å². The van der Waals surface area contributed by atoms with Crippen molar-refractivity contribution in [2.45, 2.75) is 20.0 Å². The molecule has 0 heterocycles. The van der Waals surface area contributed by atoms with Crippen LogP contribution in [0.1, 0.15) is 29.8 Å². The first-order valence-electron chi connectivity index (χ1n) is 10.00. The van der Waals surface area contributed by atoms with Gasteiger partial charge < -0.3 is 25.8 Å². The summed E-state index contributed by atoms with van der Waals surface area (Å²) in [5.41, 5.74) is 7.80. The molecule has 180 valence electrons. The molecule has 0 atom stereocenters. The third-order valence-corrected chi connectivity index (χ3v) is 4.30. The molecule has 11 heteroatoms. The number of amidine groups is 1. The SMILES string of the molecule is CCN(CC)c1ccc(C(=O)NCCOc2cccc(C(=N)N)c2)cc1.O=C(O)C(F)(F)F. The zero-order valence-electron chi connectivity index (χ0n) is 18.3. The number of anilines is 1. The number of amides is 1. The Morgan fingerprint density at radius 1 is 1.09 bits per heavy atom. The maximum Gasteiger partial charge on any atom is 0.490 e. The standard InChI is InChI=1S/C20H26N4O2.C2HF3O2/c1-3-24(4-2)17-10-8-15(9-11-17)20(25)23-12-13-26-18-7-5-6-16(14-18)19(21)22;3-2(4,5)1(6)7/h5-11,14H,3-4,12-13H2,1-2H3,(H3,21,22)(H,23,25);(H,6,7). The molecule has 0 radical (unpaired) electrons. The number of aliphatic carboxylic acids is 1. The Morgan fingerprint density at radius 2 is 1.67 bits per heavy atom. The van der Waals surface area contributed by atoms with Crippen LogP contribution in [-0.4, -0.2) is 55.2 Å². The van der Waals surface area contributed by atoms with Crippen LogP contribution in [0, 0.1) is 5.41 Å². The van der Waals surface area contributed by atoms with E-state index in [2.05, 4.69) is 24.1 Å². The summed E-state index contributed by atoms with van der Waals surface area (Å²) >= 11 is 0. The lowest BCUT2D eigenvalue weighted by molar-refractivity contribution is -0.192. The Morgan fingerprint density at radius 3 is 2.15 bits per heavy atom. The number of benzene rings is 2. The van der Waals surface area contributed by atoms with Gasteiger partial charge in [0.15, 0.2) is 0 Å². The number of nitrogens with one attached hydrogen (secondary N) is 2. The Balaban J connectivity index is 0.000000675. The Kier molecular flexibility index (Phi) is 10.7. The molecule has 5 N–H and O–H groups in total. The second-order valence-corrected chi connectivity index (χ2v) is 6.57. The van der Waals surface area contributed by atoms with Crippen molar-refractivity contribution in [1.29, 1.82) is 5.41 Å². The number of carbonyl (C=O) groups excluding carboxylic acids is 1. The number of nitrogens with zero attached hydrogens (tertiary/aromatic N) is 1. The van der Waals surface area contributed by atoms with Crippen molar-refractivity contribution in [3.05, 3.63) is 59.7 Å². The van der Waals surface area contributed by atoms with Gasteiger partial charge in [-0.3, -0.25) is 10.2 Å². The van der Waals surface area contributed by atoms with Crippen LogP contribution in [0.5, 0.6) is 5.75 Å². The van der Waals surface area contributed by atoms with Crippen molar-refractivity contribution < 1.29 is 32.6 Å². The summed E-state index contributed by atoms with van der Waals surface area (Å²) in [5, 5.41) is 17.4. The van der Waals surface area contributed by atoms with Gasteiger partial charge in [0.25, 0.3) is 5.91 Å². The van der Waals surface area contributed by atoms with E-state index in [-0.39, 0.29) is 11.7 Å². The van der Waals surface area contributed by atoms with Crippen molar-refractivity contribution in [3.63, 3.8) is 0 Å². The molecule has 0 aromatic heterocycles. The predicted octanol–water partition coefficient (Wildman–Crippen LogP) is 3.26. The molecule has 0 aliphatic heterocycles. The predicted molar refractivity (Wildman–Crippen MR) is 119 cm³/mol. The third kappa shape index (κ3) is 9.50. The lowest BCUT2D eigenvalue weighted by Crippen LogP contribution is -2.28. The molecule has 0 bridgehead atoms. The minimum absolute atomic E-state index is 0.00286. The summed E-state index contributed by atoms with van der Waals surface area (Å²) < 4.78 is 37.3. The number of alkyl halides is 3. The molecule has 0 fully saturated rings. The highest BCUT2D eigenvalue weighted by Crippen LogP contribution is 2.15. The number of carboxylic acid groups (broad SMARTS) is 1. The highest BCUT2D eigenvalue weighted by atomic mass is 19.4. The van der Waals surface area contributed by atoms with Crippen LogP contribution < -0.4 is 20.7 Å². The first-order valence-corrected chi connectivity index (χ1v) is 10.00. The van der Waals surface area contributed by atoms with E-state index in [1.54, 1.807) is 24.3 Å². The van der Waals surface area contributed by atoms with Crippen LogP contribution >= 0.6 is 0 Å². The van der Waals surface area contributed by atoms with Crippen LogP contribution in [0.4, 0.5) is 18.9 Å². The fourth-order valence-corrected chi connectivity index (χ4v) is 2.60. The van der Waals surface area contributed by atoms with E-state index in [4.69, 9.17) is 25.8 Å². The average molecular weight is 468 g/mol.